The highest BCUT2D eigenvalue weighted by Gasteiger charge is 2.17. The number of hydrogen-bond acceptors (Lipinski definition) is 5. The summed E-state index contributed by atoms with van der Waals surface area (Å²) in [6, 6.07) is 17.6. The number of aromatic nitrogens is 2. The molecule has 1 heterocycles. The Morgan fingerprint density at radius 3 is 2.48 bits per heavy atom. The summed E-state index contributed by atoms with van der Waals surface area (Å²) in [4.78, 5) is 24.6. The molecule has 7 heteroatoms. The normalized spacial score (nSPS) is 11.2. The van der Waals surface area contributed by atoms with E-state index in [9.17, 15) is 9.59 Å². The molecule has 0 N–H and O–H groups in total. The fourth-order valence-corrected chi connectivity index (χ4v) is 2.99. The SMILES string of the molecule is COC=C(C(=O)OC)c1ccccc1Cn1nc(-c2ccc(Cl)cc2)ccc1=O. The molecule has 0 spiro atoms. The fourth-order valence-electron chi connectivity index (χ4n) is 2.87. The van der Waals surface area contributed by atoms with Crippen LogP contribution in [0, 0.1) is 0 Å². The minimum atomic E-state index is -0.533. The molecule has 3 aromatic rings. The molecule has 0 radical (unpaired) electrons. The topological polar surface area (TPSA) is 70.4 Å². The summed E-state index contributed by atoms with van der Waals surface area (Å²) in [5.74, 6) is -0.533. The first kappa shape index (κ1) is 20.4. The average Bonchev–Trinajstić information content (AvgIpc) is 2.74. The first-order valence-electron chi connectivity index (χ1n) is 8.77. The maximum Gasteiger partial charge on any atom is 0.341 e. The number of methoxy groups -OCH3 is 2. The predicted octanol–water partition coefficient (Wildman–Crippen LogP) is 3.77. The van der Waals surface area contributed by atoms with Gasteiger partial charge in [-0.2, -0.15) is 5.10 Å². The van der Waals surface area contributed by atoms with Crippen molar-refractivity contribution in [3.63, 3.8) is 0 Å². The maximum absolute atomic E-state index is 12.4. The summed E-state index contributed by atoms with van der Waals surface area (Å²) in [6.45, 7) is 0.175. The third-order valence-corrected chi connectivity index (χ3v) is 4.53. The van der Waals surface area contributed by atoms with Crippen LogP contribution in [0.1, 0.15) is 11.1 Å². The van der Waals surface area contributed by atoms with Gasteiger partial charge in [-0.25, -0.2) is 9.48 Å². The number of carbonyl (C=O) groups excluding carboxylic acids is 1. The van der Waals surface area contributed by atoms with Crippen LogP contribution in [-0.4, -0.2) is 30.0 Å². The van der Waals surface area contributed by atoms with Crippen LogP contribution < -0.4 is 5.56 Å². The van der Waals surface area contributed by atoms with Gasteiger partial charge in [-0.1, -0.05) is 48.0 Å². The fraction of sp³-hybridized carbons (Fsp3) is 0.136. The molecule has 0 fully saturated rings. The number of nitrogens with zero attached hydrogens (tertiary/aromatic N) is 2. The molecule has 0 saturated carbocycles. The van der Waals surface area contributed by atoms with Gasteiger partial charge < -0.3 is 9.47 Å². The van der Waals surface area contributed by atoms with Gasteiger partial charge in [0.15, 0.2) is 0 Å². The summed E-state index contributed by atoms with van der Waals surface area (Å²) in [5, 5.41) is 5.09. The second kappa shape index (κ2) is 9.21. The second-order valence-corrected chi connectivity index (χ2v) is 6.57. The van der Waals surface area contributed by atoms with E-state index in [2.05, 4.69) is 5.10 Å². The Hall–Kier alpha value is -3.38. The predicted molar refractivity (Wildman–Crippen MR) is 111 cm³/mol. The van der Waals surface area contributed by atoms with Gasteiger partial charge in [-0.3, -0.25) is 4.79 Å². The third-order valence-electron chi connectivity index (χ3n) is 4.28. The summed E-state index contributed by atoms with van der Waals surface area (Å²) >= 11 is 5.94. The number of hydrogen-bond donors (Lipinski definition) is 0. The summed E-state index contributed by atoms with van der Waals surface area (Å²) < 4.78 is 11.2. The number of halogens is 1. The molecule has 0 saturated heterocycles. The van der Waals surface area contributed by atoms with Crippen LogP contribution in [0.25, 0.3) is 16.8 Å². The zero-order valence-electron chi connectivity index (χ0n) is 16.0. The smallest absolute Gasteiger partial charge is 0.341 e. The lowest BCUT2D eigenvalue weighted by Crippen LogP contribution is -2.23. The van der Waals surface area contributed by atoms with Crippen molar-refractivity contribution in [2.75, 3.05) is 14.2 Å². The monoisotopic (exact) mass is 410 g/mol. The molecular formula is C22H19ClN2O4. The molecule has 6 nitrogen and oxygen atoms in total. The van der Waals surface area contributed by atoms with Gasteiger partial charge in [0.1, 0.15) is 5.57 Å². The standard InChI is InChI=1S/C22H19ClN2O4/c1-28-14-19(22(27)29-2)18-6-4-3-5-16(18)13-25-21(26)12-11-20(24-25)15-7-9-17(23)10-8-15/h3-12,14H,13H2,1-2H3. The lowest BCUT2D eigenvalue weighted by molar-refractivity contribution is -0.133. The van der Waals surface area contributed by atoms with Crippen molar-refractivity contribution in [2.24, 2.45) is 0 Å². The molecule has 0 bridgehead atoms. The zero-order valence-corrected chi connectivity index (χ0v) is 16.7. The first-order valence-corrected chi connectivity index (χ1v) is 9.15. The Kier molecular flexibility index (Phi) is 6.46. The molecule has 1 aromatic heterocycles. The molecular weight excluding hydrogens is 392 g/mol. The van der Waals surface area contributed by atoms with Crippen molar-refractivity contribution >= 4 is 23.1 Å². The molecule has 0 amide bonds. The molecule has 0 unspecified atom stereocenters. The van der Waals surface area contributed by atoms with E-state index >= 15 is 0 Å². The number of ether oxygens (including phenoxy) is 2. The lowest BCUT2D eigenvalue weighted by Gasteiger charge is -2.13. The van der Waals surface area contributed by atoms with E-state index in [1.807, 2.05) is 24.3 Å². The van der Waals surface area contributed by atoms with Gasteiger partial charge in [0.2, 0.25) is 0 Å². The van der Waals surface area contributed by atoms with E-state index in [-0.39, 0.29) is 17.7 Å². The van der Waals surface area contributed by atoms with Gasteiger partial charge >= 0.3 is 5.97 Å². The molecule has 0 aliphatic rings. The maximum atomic E-state index is 12.4. The highest BCUT2D eigenvalue weighted by atomic mass is 35.5. The Morgan fingerprint density at radius 1 is 1.07 bits per heavy atom. The molecule has 148 valence electrons. The van der Waals surface area contributed by atoms with Crippen molar-refractivity contribution < 1.29 is 14.3 Å². The Bertz CT molecular complexity index is 1100. The first-order chi connectivity index (χ1) is 14.0. The number of benzene rings is 2. The van der Waals surface area contributed by atoms with E-state index in [1.54, 1.807) is 30.3 Å². The minimum Gasteiger partial charge on any atom is -0.503 e. The van der Waals surface area contributed by atoms with Crippen molar-refractivity contribution in [2.45, 2.75) is 6.54 Å². The van der Waals surface area contributed by atoms with Gasteiger partial charge in [-0.15, -0.1) is 0 Å². The average molecular weight is 411 g/mol. The van der Waals surface area contributed by atoms with E-state index < -0.39 is 5.97 Å². The lowest BCUT2D eigenvalue weighted by atomic mass is 10.0. The number of rotatable bonds is 6. The number of carbonyl (C=O) groups is 1. The van der Waals surface area contributed by atoms with Gasteiger partial charge in [0, 0.05) is 16.7 Å². The van der Waals surface area contributed by atoms with E-state index in [1.165, 1.54) is 31.2 Å². The summed E-state index contributed by atoms with van der Waals surface area (Å²) in [5.41, 5.74) is 2.81. The van der Waals surface area contributed by atoms with Crippen molar-refractivity contribution in [1.82, 2.24) is 9.78 Å². The van der Waals surface area contributed by atoms with Crippen molar-refractivity contribution in [3.05, 3.63) is 93.4 Å². The zero-order chi connectivity index (χ0) is 20.8. The quantitative estimate of drug-likeness (QED) is 0.351. The van der Waals surface area contributed by atoms with Crippen LogP contribution in [0.4, 0.5) is 0 Å². The van der Waals surface area contributed by atoms with Crippen LogP contribution >= 0.6 is 11.6 Å². The highest BCUT2D eigenvalue weighted by Crippen LogP contribution is 2.22. The van der Waals surface area contributed by atoms with Crippen LogP contribution in [0.5, 0.6) is 0 Å². The van der Waals surface area contributed by atoms with Crippen molar-refractivity contribution in [1.29, 1.82) is 0 Å². The molecule has 0 aliphatic carbocycles. The van der Waals surface area contributed by atoms with Crippen molar-refractivity contribution in [3.8, 4) is 11.3 Å². The largest absolute Gasteiger partial charge is 0.503 e. The summed E-state index contributed by atoms with van der Waals surface area (Å²) in [6.07, 6.45) is 1.32. The van der Waals surface area contributed by atoms with Gasteiger partial charge in [0.25, 0.3) is 5.56 Å². The molecule has 2 aromatic carbocycles. The Labute approximate surface area is 173 Å². The minimum absolute atomic E-state index is 0.175. The third kappa shape index (κ3) is 4.73. The van der Waals surface area contributed by atoms with Crippen LogP contribution in [0.15, 0.2) is 71.7 Å². The van der Waals surface area contributed by atoms with E-state index in [0.717, 1.165) is 11.1 Å². The summed E-state index contributed by atoms with van der Waals surface area (Å²) in [7, 11) is 2.75. The number of esters is 1. The molecule has 3 rings (SSSR count). The Balaban J connectivity index is 2.02. The van der Waals surface area contributed by atoms with Crippen LogP contribution in [-0.2, 0) is 20.8 Å². The molecule has 0 aliphatic heterocycles. The molecule has 29 heavy (non-hydrogen) atoms. The van der Waals surface area contributed by atoms with Crippen LogP contribution in [0.2, 0.25) is 5.02 Å². The second-order valence-electron chi connectivity index (χ2n) is 6.14. The van der Waals surface area contributed by atoms with E-state index in [0.29, 0.717) is 16.3 Å². The van der Waals surface area contributed by atoms with Crippen LogP contribution in [0.3, 0.4) is 0 Å². The van der Waals surface area contributed by atoms with Gasteiger partial charge in [-0.05, 0) is 29.3 Å². The van der Waals surface area contributed by atoms with E-state index in [4.69, 9.17) is 21.1 Å². The Morgan fingerprint density at radius 2 is 1.79 bits per heavy atom. The molecule has 0 atom stereocenters. The van der Waals surface area contributed by atoms with Gasteiger partial charge in [0.05, 0.1) is 32.7 Å². The highest BCUT2D eigenvalue weighted by molar-refractivity contribution is 6.30.